The summed E-state index contributed by atoms with van der Waals surface area (Å²) in [6, 6.07) is 17.0. The fraction of sp³-hybridized carbons (Fsp3) is 0.111. The number of nitrogens with one attached hydrogen (secondary N) is 2. The molecule has 2 aromatic carbocycles. The van der Waals surface area contributed by atoms with Crippen molar-refractivity contribution in [3.05, 3.63) is 82.3 Å². The number of amides is 1. The van der Waals surface area contributed by atoms with Crippen molar-refractivity contribution in [2.75, 3.05) is 5.32 Å². The van der Waals surface area contributed by atoms with E-state index in [4.69, 9.17) is 5.21 Å². The number of hydroxylamine groups is 1. The van der Waals surface area contributed by atoms with Crippen LogP contribution in [-0.4, -0.2) is 16.1 Å². The SMILES string of the molecule is O=C(NO)C(c1ccccc1)c1cccc(NCc2nccs2)c1. The summed E-state index contributed by atoms with van der Waals surface area (Å²) in [5, 5.41) is 15.3. The van der Waals surface area contributed by atoms with E-state index in [1.165, 1.54) is 0 Å². The molecule has 3 aromatic rings. The van der Waals surface area contributed by atoms with E-state index in [9.17, 15) is 4.79 Å². The molecule has 1 unspecified atom stereocenters. The summed E-state index contributed by atoms with van der Waals surface area (Å²) in [7, 11) is 0. The maximum absolute atomic E-state index is 12.2. The summed E-state index contributed by atoms with van der Waals surface area (Å²) >= 11 is 1.59. The lowest BCUT2D eigenvalue weighted by molar-refractivity contribution is -0.129. The van der Waals surface area contributed by atoms with Crippen molar-refractivity contribution >= 4 is 22.9 Å². The Morgan fingerprint density at radius 3 is 2.62 bits per heavy atom. The summed E-state index contributed by atoms with van der Waals surface area (Å²) in [6.45, 7) is 0.628. The van der Waals surface area contributed by atoms with Crippen molar-refractivity contribution < 1.29 is 10.0 Å². The zero-order valence-corrected chi connectivity index (χ0v) is 13.7. The van der Waals surface area contributed by atoms with Crippen LogP contribution in [0.5, 0.6) is 0 Å². The molecule has 0 aliphatic heterocycles. The number of hydrogen-bond acceptors (Lipinski definition) is 5. The second-order valence-electron chi connectivity index (χ2n) is 5.22. The van der Waals surface area contributed by atoms with Crippen molar-refractivity contribution in [2.45, 2.75) is 12.5 Å². The molecule has 0 spiro atoms. The first-order valence-corrected chi connectivity index (χ1v) is 8.37. The maximum atomic E-state index is 12.2. The minimum atomic E-state index is -0.571. The van der Waals surface area contributed by atoms with Gasteiger partial charge in [-0.05, 0) is 23.3 Å². The minimum Gasteiger partial charge on any atom is -0.379 e. The highest BCUT2D eigenvalue weighted by Gasteiger charge is 2.22. The Labute approximate surface area is 144 Å². The minimum absolute atomic E-state index is 0.460. The molecule has 0 fully saturated rings. The summed E-state index contributed by atoms with van der Waals surface area (Å²) in [6.07, 6.45) is 1.77. The molecule has 5 nitrogen and oxygen atoms in total. The van der Waals surface area contributed by atoms with Crippen LogP contribution in [0.25, 0.3) is 0 Å². The molecule has 0 saturated carbocycles. The van der Waals surface area contributed by atoms with Crippen LogP contribution in [0.1, 0.15) is 22.1 Å². The van der Waals surface area contributed by atoms with Gasteiger partial charge in [-0.3, -0.25) is 10.0 Å². The fourth-order valence-electron chi connectivity index (χ4n) is 2.55. The highest BCUT2D eigenvalue weighted by Crippen LogP contribution is 2.27. The molecule has 0 saturated heterocycles. The lowest BCUT2D eigenvalue weighted by atomic mass is 9.90. The Bertz CT molecular complexity index is 791. The Hall–Kier alpha value is -2.70. The van der Waals surface area contributed by atoms with Gasteiger partial charge >= 0.3 is 0 Å². The number of nitrogens with zero attached hydrogens (tertiary/aromatic N) is 1. The molecule has 1 atom stereocenters. The lowest BCUT2D eigenvalue weighted by Gasteiger charge is -2.17. The third-order valence-corrected chi connectivity index (χ3v) is 4.43. The van der Waals surface area contributed by atoms with Gasteiger partial charge in [-0.15, -0.1) is 11.3 Å². The number of rotatable bonds is 6. The number of carbonyl (C=O) groups excluding carboxylic acids is 1. The van der Waals surface area contributed by atoms with Gasteiger partial charge in [0.05, 0.1) is 12.5 Å². The van der Waals surface area contributed by atoms with Crippen molar-refractivity contribution in [1.82, 2.24) is 10.5 Å². The number of hydrogen-bond donors (Lipinski definition) is 3. The molecule has 0 aliphatic rings. The Balaban J connectivity index is 1.85. The Morgan fingerprint density at radius 1 is 1.12 bits per heavy atom. The first-order valence-electron chi connectivity index (χ1n) is 7.49. The summed E-state index contributed by atoms with van der Waals surface area (Å²) in [5.74, 6) is -1.03. The predicted octanol–water partition coefficient (Wildman–Crippen LogP) is 3.39. The number of aromatic nitrogens is 1. The molecule has 3 N–H and O–H groups in total. The molecule has 1 amide bonds. The number of carbonyl (C=O) groups is 1. The predicted molar refractivity (Wildman–Crippen MR) is 94.1 cm³/mol. The van der Waals surface area contributed by atoms with Gasteiger partial charge in [0.25, 0.3) is 5.91 Å². The van der Waals surface area contributed by atoms with E-state index in [2.05, 4.69) is 10.3 Å². The van der Waals surface area contributed by atoms with E-state index in [1.807, 2.05) is 60.0 Å². The molecule has 24 heavy (non-hydrogen) atoms. The van der Waals surface area contributed by atoms with Gasteiger partial charge in [-0.25, -0.2) is 10.5 Å². The van der Waals surface area contributed by atoms with Crippen LogP contribution in [0.3, 0.4) is 0 Å². The van der Waals surface area contributed by atoms with Gasteiger partial charge in [0, 0.05) is 17.3 Å². The van der Waals surface area contributed by atoms with Gasteiger partial charge < -0.3 is 5.32 Å². The van der Waals surface area contributed by atoms with Crippen LogP contribution in [0.15, 0.2) is 66.2 Å². The Morgan fingerprint density at radius 2 is 1.92 bits per heavy atom. The van der Waals surface area contributed by atoms with Crippen molar-refractivity contribution in [3.63, 3.8) is 0 Å². The van der Waals surface area contributed by atoms with E-state index in [0.29, 0.717) is 6.54 Å². The van der Waals surface area contributed by atoms with Gasteiger partial charge in [0.15, 0.2) is 0 Å². The molecule has 1 heterocycles. The summed E-state index contributed by atoms with van der Waals surface area (Å²) in [4.78, 5) is 16.4. The van der Waals surface area contributed by atoms with Crippen LogP contribution >= 0.6 is 11.3 Å². The van der Waals surface area contributed by atoms with E-state index in [-0.39, 0.29) is 0 Å². The first kappa shape index (κ1) is 16.2. The average Bonchev–Trinajstić information content (AvgIpc) is 3.15. The van der Waals surface area contributed by atoms with Crippen LogP contribution in [-0.2, 0) is 11.3 Å². The first-order chi connectivity index (χ1) is 11.8. The highest BCUT2D eigenvalue weighted by atomic mass is 32.1. The normalized spacial score (nSPS) is 11.7. The summed E-state index contributed by atoms with van der Waals surface area (Å²) in [5.41, 5.74) is 4.29. The van der Waals surface area contributed by atoms with E-state index < -0.39 is 11.8 Å². The van der Waals surface area contributed by atoms with Crippen LogP contribution in [0.2, 0.25) is 0 Å². The standard InChI is InChI=1S/C18H17N3O2S/c22-18(21-23)17(13-5-2-1-3-6-13)14-7-4-8-15(11-14)20-12-16-19-9-10-24-16/h1-11,17,20,23H,12H2,(H,21,22). The van der Waals surface area contributed by atoms with Crippen LogP contribution < -0.4 is 10.8 Å². The quantitative estimate of drug-likeness (QED) is 0.475. The van der Waals surface area contributed by atoms with Crippen molar-refractivity contribution in [3.8, 4) is 0 Å². The van der Waals surface area contributed by atoms with Crippen LogP contribution in [0.4, 0.5) is 5.69 Å². The highest BCUT2D eigenvalue weighted by molar-refractivity contribution is 7.09. The van der Waals surface area contributed by atoms with Crippen molar-refractivity contribution in [1.29, 1.82) is 0 Å². The van der Waals surface area contributed by atoms with Crippen molar-refractivity contribution in [2.24, 2.45) is 0 Å². The van der Waals surface area contributed by atoms with E-state index >= 15 is 0 Å². The smallest absolute Gasteiger partial charge is 0.255 e. The zero-order chi connectivity index (χ0) is 16.8. The summed E-state index contributed by atoms with van der Waals surface area (Å²) < 4.78 is 0. The molecule has 0 aliphatic carbocycles. The zero-order valence-electron chi connectivity index (χ0n) is 12.8. The largest absolute Gasteiger partial charge is 0.379 e. The maximum Gasteiger partial charge on any atom is 0.255 e. The van der Waals surface area contributed by atoms with Gasteiger partial charge in [0.2, 0.25) is 0 Å². The Kier molecular flexibility index (Phi) is 5.20. The molecular weight excluding hydrogens is 322 g/mol. The number of benzene rings is 2. The molecule has 6 heteroatoms. The molecule has 0 radical (unpaired) electrons. The molecule has 3 rings (SSSR count). The third kappa shape index (κ3) is 3.79. The van der Waals surface area contributed by atoms with Gasteiger partial charge in [0.1, 0.15) is 5.01 Å². The fourth-order valence-corrected chi connectivity index (χ4v) is 3.11. The molecule has 0 bridgehead atoms. The number of anilines is 1. The van der Waals surface area contributed by atoms with E-state index in [1.54, 1.807) is 23.0 Å². The molecule has 1 aromatic heterocycles. The van der Waals surface area contributed by atoms with Gasteiger partial charge in [-0.2, -0.15) is 0 Å². The van der Waals surface area contributed by atoms with Gasteiger partial charge in [-0.1, -0.05) is 42.5 Å². The second-order valence-corrected chi connectivity index (χ2v) is 6.20. The lowest BCUT2D eigenvalue weighted by Crippen LogP contribution is -2.27. The molecular formula is C18H17N3O2S. The van der Waals surface area contributed by atoms with E-state index in [0.717, 1.165) is 21.8 Å². The second kappa shape index (κ2) is 7.72. The van der Waals surface area contributed by atoms with Crippen LogP contribution in [0, 0.1) is 0 Å². The number of thiazole rings is 1. The average molecular weight is 339 g/mol. The topological polar surface area (TPSA) is 74.2 Å². The monoisotopic (exact) mass is 339 g/mol. The third-order valence-electron chi connectivity index (χ3n) is 3.65. The molecule has 122 valence electrons.